The van der Waals surface area contributed by atoms with Crippen molar-refractivity contribution in [3.05, 3.63) is 0 Å². The fraction of sp³-hybridized carbons (Fsp3) is 0.944. The zero-order valence-corrected chi connectivity index (χ0v) is 14.2. The molecule has 1 saturated carbocycles. The molecule has 1 amide bonds. The Morgan fingerprint density at radius 1 is 1.29 bits per heavy atom. The molecule has 3 heteroatoms. The molecule has 1 aliphatic heterocycles. The summed E-state index contributed by atoms with van der Waals surface area (Å²) in [5, 5.41) is 0. The van der Waals surface area contributed by atoms with Gasteiger partial charge in [0.15, 0.2) is 0 Å². The average molecular weight is 294 g/mol. The summed E-state index contributed by atoms with van der Waals surface area (Å²) in [6.45, 7) is 8.28. The molecule has 122 valence electrons. The zero-order chi connectivity index (χ0) is 15.5. The number of likely N-dealkylation sites (tertiary alicyclic amines) is 1. The lowest BCUT2D eigenvalue weighted by Crippen LogP contribution is -2.55. The Morgan fingerprint density at radius 3 is 2.52 bits per heavy atom. The number of rotatable bonds is 5. The molecule has 2 aliphatic rings. The molecule has 1 saturated heterocycles. The van der Waals surface area contributed by atoms with Crippen LogP contribution >= 0.6 is 0 Å². The largest absolute Gasteiger partial charge is 0.342 e. The zero-order valence-electron chi connectivity index (χ0n) is 14.2. The Labute approximate surface area is 130 Å². The minimum Gasteiger partial charge on any atom is -0.342 e. The summed E-state index contributed by atoms with van der Waals surface area (Å²) in [5.74, 6) is 1.46. The molecule has 0 bridgehead atoms. The first kappa shape index (κ1) is 16.8. The third kappa shape index (κ3) is 4.21. The Hall–Kier alpha value is -0.570. The average Bonchev–Trinajstić information content (AvgIpc) is 2.93. The van der Waals surface area contributed by atoms with Gasteiger partial charge in [-0.2, -0.15) is 0 Å². The summed E-state index contributed by atoms with van der Waals surface area (Å²) in [6, 6.07) is 0.223. The number of carbonyl (C=O) groups is 1. The van der Waals surface area contributed by atoms with E-state index in [1.54, 1.807) is 0 Å². The molecule has 2 rings (SSSR count). The number of carbonyl (C=O) groups excluding carboxylic acids is 1. The third-order valence-corrected chi connectivity index (χ3v) is 5.70. The number of hydrogen-bond acceptors (Lipinski definition) is 2. The molecular weight excluding hydrogens is 260 g/mol. The van der Waals surface area contributed by atoms with Crippen LogP contribution in [0.2, 0.25) is 0 Å². The van der Waals surface area contributed by atoms with Crippen molar-refractivity contribution in [2.45, 2.75) is 78.2 Å². The third-order valence-electron chi connectivity index (χ3n) is 5.70. The minimum absolute atomic E-state index is 0.0536. The molecule has 0 radical (unpaired) electrons. The quantitative estimate of drug-likeness (QED) is 0.842. The van der Waals surface area contributed by atoms with E-state index in [1.807, 2.05) is 0 Å². The highest BCUT2D eigenvalue weighted by atomic mass is 16.2. The first-order valence-corrected chi connectivity index (χ1v) is 8.98. The van der Waals surface area contributed by atoms with Gasteiger partial charge in [-0.15, -0.1) is 0 Å². The van der Waals surface area contributed by atoms with Gasteiger partial charge < -0.3 is 10.6 Å². The number of amides is 1. The molecule has 2 unspecified atom stereocenters. The van der Waals surface area contributed by atoms with Crippen LogP contribution in [0.5, 0.6) is 0 Å². The van der Waals surface area contributed by atoms with Crippen molar-refractivity contribution in [2.24, 2.45) is 23.0 Å². The van der Waals surface area contributed by atoms with E-state index in [0.717, 1.165) is 44.7 Å². The van der Waals surface area contributed by atoms with Crippen LogP contribution < -0.4 is 5.73 Å². The Morgan fingerprint density at radius 2 is 1.95 bits per heavy atom. The summed E-state index contributed by atoms with van der Waals surface area (Å²) in [4.78, 5) is 15.1. The van der Waals surface area contributed by atoms with E-state index in [0.29, 0.717) is 5.91 Å². The van der Waals surface area contributed by atoms with Gasteiger partial charge in [-0.25, -0.2) is 0 Å². The fourth-order valence-corrected chi connectivity index (χ4v) is 4.16. The highest BCUT2D eigenvalue weighted by molar-refractivity contribution is 5.79. The first-order valence-electron chi connectivity index (χ1n) is 8.98. The van der Waals surface area contributed by atoms with Gasteiger partial charge >= 0.3 is 0 Å². The number of hydrogen-bond donors (Lipinski definition) is 1. The number of piperidine rings is 1. The molecule has 21 heavy (non-hydrogen) atoms. The van der Waals surface area contributed by atoms with Crippen LogP contribution in [-0.4, -0.2) is 29.9 Å². The van der Waals surface area contributed by atoms with E-state index in [-0.39, 0.29) is 17.4 Å². The van der Waals surface area contributed by atoms with Gasteiger partial charge in [-0.05, 0) is 30.6 Å². The van der Waals surface area contributed by atoms with Gasteiger partial charge in [0.1, 0.15) is 0 Å². The van der Waals surface area contributed by atoms with Gasteiger partial charge in [0.2, 0.25) is 5.91 Å². The summed E-state index contributed by atoms with van der Waals surface area (Å²) in [7, 11) is 0. The minimum atomic E-state index is 0.0536. The SMILES string of the molecule is CCCC(CC1CCCC1)C(=O)N1CCC(N)C(C)(C)C1. The first-order chi connectivity index (χ1) is 9.94. The molecular formula is C18H34N2O. The topological polar surface area (TPSA) is 46.3 Å². The molecule has 2 fully saturated rings. The standard InChI is InChI=1S/C18H34N2O/c1-4-7-15(12-14-8-5-6-9-14)17(21)20-11-10-16(19)18(2,3)13-20/h14-16H,4-13,19H2,1-3H3. The van der Waals surface area contributed by atoms with Gasteiger partial charge in [-0.3, -0.25) is 4.79 Å². The lowest BCUT2D eigenvalue weighted by Gasteiger charge is -2.43. The molecule has 1 aliphatic carbocycles. The summed E-state index contributed by atoms with van der Waals surface area (Å²) in [5.41, 5.74) is 6.26. The molecule has 0 aromatic carbocycles. The van der Waals surface area contributed by atoms with E-state index < -0.39 is 0 Å². The second-order valence-electron chi connectivity index (χ2n) is 8.02. The van der Waals surface area contributed by atoms with Crippen molar-refractivity contribution < 1.29 is 4.79 Å². The molecule has 0 aromatic heterocycles. The second-order valence-corrected chi connectivity index (χ2v) is 8.02. The molecule has 0 aromatic rings. The van der Waals surface area contributed by atoms with Crippen LogP contribution in [0.25, 0.3) is 0 Å². The van der Waals surface area contributed by atoms with Crippen LogP contribution in [0.1, 0.15) is 72.1 Å². The predicted octanol–water partition coefficient (Wildman–Crippen LogP) is 3.57. The van der Waals surface area contributed by atoms with Crippen LogP contribution in [0.3, 0.4) is 0 Å². The second kappa shape index (κ2) is 7.13. The number of nitrogens with zero attached hydrogens (tertiary/aromatic N) is 1. The molecule has 2 N–H and O–H groups in total. The van der Waals surface area contributed by atoms with Crippen molar-refractivity contribution in [1.29, 1.82) is 0 Å². The van der Waals surface area contributed by atoms with E-state index in [2.05, 4.69) is 25.7 Å². The van der Waals surface area contributed by atoms with Crippen molar-refractivity contribution in [2.75, 3.05) is 13.1 Å². The Bertz CT molecular complexity index is 347. The summed E-state index contributed by atoms with van der Waals surface area (Å²) >= 11 is 0. The van der Waals surface area contributed by atoms with Gasteiger partial charge in [0.05, 0.1) is 0 Å². The maximum atomic E-state index is 13.0. The lowest BCUT2D eigenvalue weighted by atomic mass is 9.79. The Balaban J connectivity index is 1.97. The maximum absolute atomic E-state index is 13.0. The highest BCUT2D eigenvalue weighted by Gasteiger charge is 2.37. The van der Waals surface area contributed by atoms with Crippen LogP contribution in [0, 0.1) is 17.3 Å². The monoisotopic (exact) mass is 294 g/mol. The van der Waals surface area contributed by atoms with E-state index >= 15 is 0 Å². The highest BCUT2D eigenvalue weighted by Crippen LogP contribution is 2.34. The van der Waals surface area contributed by atoms with Crippen molar-refractivity contribution in [3.63, 3.8) is 0 Å². The molecule has 0 spiro atoms. The summed E-state index contributed by atoms with van der Waals surface area (Å²) < 4.78 is 0. The van der Waals surface area contributed by atoms with Crippen LogP contribution in [0.15, 0.2) is 0 Å². The smallest absolute Gasteiger partial charge is 0.225 e. The van der Waals surface area contributed by atoms with Crippen molar-refractivity contribution in [1.82, 2.24) is 4.90 Å². The normalized spacial score (nSPS) is 27.8. The van der Waals surface area contributed by atoms with E-state index in [1.165, 1.54) is 25.7 Å². The van der Waals surface area contributed by atoms with Crippen LogP contribution in [-0.2, 0) is 4.79 Å². The predicted molar refractivity (Wildman–Crippen MR) is 87.9 cm³/mol. The fourth-order valence-electron chi connectivity index (χ4n) is 4.16. The number of nitrogens with two attached hydrogens (primary N) is 1. The van der Waals surface area contributed by atoms with E-state index in [4.69, 9.17) is 5.73 Å². The molecule has 1 heterocycles. The van der Waals surface area contributed by atoms with Crippen LogP contribution in [0.4, 0.5) is 0 Å². The molecule has 3 nitrogen and oxygen atoms in total. The van der Waals surface area contributed by atoms with E-state index in [9.17, 15) is 4.79 Å². The lowest BCUT2D eigenvalue weighted by molar-refractivity contribution is -0.140. The summed E-state index contributed by atoms with van der Waals surface area (Å²) in [6.07, 6.45) is 9.63. The van der Waals surface area contributed by atoms with Gasteiger partial charge in [0, 0.05) is 25.0 Å². The maximum Gasteiger partial charge on any atom is 0.225 e. The van der Waals surface area contributed by atoms with Gasteiger partial charge in [0.25, 0.3) is 0 Å². The Kier molecular flexibility index (Phi) is 5.70. The van der Waals surface area contributed by atoms with Gasteiger partial charge in [-0.1, -0.05) is 52.9 Å². The van der Waals surface area contributed by atoms with Crippen molar-refractivity contribution >= 4 is 5.91 Å². The van der Waals surface area contributed by atoms with Crippen molar-refractivity contribution in [3.8, 4) is 0 Å². The molecule has 2 atom stereocenters.